The Bertz CT molecular complexity index is 789. The second kappa shape index (κ2) is 10.2. The smallest absolute Gasteiger partial charge is 0.249 e. The molecule has 0 bridgehead atoms. The second-order valence-corrected chi connectivity index (χ2v) is 8.14. The van der Waals surface area contributed by atoms with Gasteiger partial charge in [-0.2, -0.15) is 0 Å². The Morgan fingerprint density at radius 3 is 2.39 bits per heavy atom. The van der Waals surface area contributed by atoms with E-state index in [1.807, 2.05) is 52.0 Å². The minimum Gasteiger partial charge on any atom is -0.497 e. The molecule has 1 heterocycles. The number of nitrogens with zero attached hydrogens (tertiary/aromatic N) is 2. The molecule has 8 heteroatoms. The van der Waals surface area contributed by atoms with Crippen molar-refractivity contribution < 1.29 is 14.3 Å². The third-order valence-electron chi connectivity index (χ3n) is 4.40. The number of ether oxygens (including phenoxy) is 1. The maximum Gasteiger partial charge on any atom is 0.249 e. The Labute approximate surface area is 169 Å². The number of aromatic nitrogens is 2. The lowest BCUT2D eigenvalue weighted by Crippen LogP contribution is -2.47. The van der Waals surface area contributed by atoms with Crippen molar-refractivity contribution in [3.8, 4) is 16.3 Å². The van der Waals surface area contributed by atoms with E-state index in [2.05, 4.69) is 20.8 Å². The zero-order chi connectivity index (χ0) is 20.7. The number of carbonyl (C=O) groups is 2. The molecular weight excluding hydrogens is 376 g/mol. The van der Waals surface area contributed by atoms with Crippen molar-refractivity contribution in [1.29, 1.82) is 0 Å². The van der Waals surface area contributed by atoms with E-state index in [0.717, 1.165) is 17.7 Å². The van der Waals surface area contributed by atoms with Gasteiger partial charge in [0, 0.05) is 12.0 Å². The standard InChI is InChI=1S/C20H28N4O3S/c1-6-13(4)17(21-16(25)11-12(2)3)18(26)22-20-24-23-19(28-20)14-7-9-15(27-5)10-8-14/h7-10,12-13,17H,6,11H2,1-5H3,(H,21,25)(H,22,24,26)/t13-,17+/m1/s1. The summed E-state index contributed by atoms with van der Waals surface area (Å²) in [4.78, 5) is 24.9. The van der Waals surface area contributed by atoms with E-state index in [4.69, 9.17) is 4.74 Å². The molecule has 0 unspecified atom stereocenters. The van der Waals surface area contributed by atoms with Crippen LogP contribution >= 0.6 is 11.3 Å². The highest BCUT2D eigenvalue weighted by molar-refractivity contribution is 7.18. The van der Waals surface area contributed by atoms with Crippen LogP contribution in [0.5, 0.6) is 5.75 Å². The van der Waals surface area contributed by atoms with Gasteiger partial charge in [0.1, 0.15) is 16.8 Å². The predicted molar refractivity (Wildman–Crippen MR) is 111 cm³/mol. The van der Waals surface area contributed by atoms with Crippen LogP contribution in [0, 0.1) is 11.8 Å². The summed E-state index contributed by atoms with van der Waals surface area (Å²) in [5.74, 6) is 0.604. The number of nitrogens with one attached hydrogen (secondary N) is 2. The molecule has 2 N–H and O–H groups in total. The van der Waals surface area contributed by atoms with Crippen LogP contribution in [0.25, 0.3) is 10.6 Å². The van der Waals surface area contributed by atoms with Crippen LogP contribution in [-0.2, 0) is 9.59 Å². The number of rotatable bonds is 9. The molecule has 0 radical (unpaired) electrons. The Hall–Kier alpha value is -2.48. The molecule has 152 valence electrons. The number of hydrogen-bond donors (Lipinski definition) is 2. The van der Waals surface area contributed by atoms with Crippen molar-refractivity contribution in [3.63, 3.8) is 0 Å². The lowest BCUT2D eigenvalue weighted by molar-refractivity contribution is -0.128. The minimum absolute atomic E-state index is 0.00472. The number of benzene rings is 1. The van der Waals surface area contributed by atoms with Crippen molar-refractivity contribution in [1.82, 2.24) is 15.5 Å². The molecule has 7 nitrogen and oxygen atoms in total. The van der Waals surface area contributed by atoms with Crippen molar-refractivity contribution in [2.75, 3.05) is 12.4 Å². The van der Waals surface area contributed by atoms with Crippen LogP contribution in [-0.4, -0.2) is 35.2 Å². The van der Waals surface area contributed by atoms with Gasteiger partial charge in [0.2, 0.25) is 16.9 Å². The van der Waals surface area contributed by atoms with Gasteiger partial charge in [-0.15, -0.1) is 10.2 Å². The quantitative estimate of drug-likeness (QED) is 0.664. The first-order valence-electron chi connectivity index (χ1n) is 9.42. The van der Waals surface area contributed by atoms with Crippen LogP contribution in [0.4, 0.5) is 5.13 Å². The topological polar surface area (TPSA) is 93.2 Å². The van der Waals surface area contributed by atoms with E-state index in [9.17, 15) is 9.59 Å². The van der Waals surface area contributed by atoms with E-state index in [1.165, 1.54) is 11.3 Å². The maximum absolute atomic E-state index is 12.8. The summed E-state index contributed by atoms with van der Waals surface area (Å²) in [6, 6.07) is 6.86. The molecule has 1 aromatic heterocycles. The van der Waals surface area contributed by atoms with Gasteiger partial charge in [-0.3, -0.25) is 14.9 Å². The number of methoxy groups -OCH3 is 1. The number of hydrogen-bond acceptors (Lipinski definition) is 6. The van der Waals surface area contributed by atoms with Gasteiger partial charge in [0.25, 0.3) is 0 Å². The molecule has 0 aliphatic carbocycles. The molecule has 2 rings (SSSR count). The molecule has 0 aliphatic heterocycles. The van der Waals surface area contributed by atoms with E-state index in [-0.39, 0.29) is 23.7 Å². The molecule has 28 heavy (non-hydrogen) atoms. The zero-order valence-electron chi connectivity index (χ0n) is 17.0. The first-order chi connectivity index (χ1) is 13.3. The van der Waals surface area contributed by atoms with E-state index < -0.39 is 6.04 Å². The molecular formula is C20H28N4O3S. The summed E-state index contributed by atoms with van der Waals surface area (Å²) in [5.41, 5.74) is 0.891. The minimum atomic E-state index is -0.607. The van der Waals surface area contributed by atoms with Crippen molar-refractivity contribution in [2.24, 2.45) is 11.8 Å². The van der Waals surface area contributed by atoms with Crippen molar-refractivity contribution in [2.45, 2.75) is 46.6 Å². The van der Waals surface area contributed by atoms with Crippen LogP contribution in [0.2, 0.25) is 0 Å². The highest BCUT2D eigenvalue weighted by Gasteiger charge is 2.27. The monoisotopic (exact) mass is 404 g/mol. The molecule has 0 aliphatic rings. The van der Waals surface area contributed by atoms with Crippen LogP contribution in [0.3, 0.4) is 0 Å². The molecule has 2 aromatic rings. The Morgan fingerprint density at radius 2 is 1.82 bits per heavy atom. The van der Waals surface area contributed by atoms with Gasteiger partial charge >= 0.3 is 0 Å². The molecule has 0 saturated heterocycles. The average Bonchev–Trinajstić information content (AvgIpc) is 3.13. The summed E-state index contributed by atoms with van der Waals surface area (Å²) in [7, 11) is 1.61. The second-order valence-electron chi connectivity index (χ2n) is 7.16. The molecule has 2 atom stereocenters. The van der Waals surface area contributed by atoms with Crippen molar-refractivity contribution in [3.05, 3.63) is 24.3 Å². The third-order valence-corrected chi connectivity index (χ3v) is 5.29. The first-order valence-corrected chi connectivity index (χ1v) is 10.2. The van der Waals surface area contributed by atoms with E-state index in [1.54, 1.807) is 7.11 Å². The van der Waals surface area contributed by atoms with Crippen LogP contribution in [0.1, 0.15) is 40.5 Å². The van der Waals surface area contributed by atoms with Crippen LogP contribution < -0.4 is 15.4 Å². The summed E-state index contributed by atoms with van der Waals surface area (Å²) in [6.45, 7) is 7.88. The summed E-state index contributed by atoms with van der Waals surface area (Å²) >= 11 is 1.29. The highest BCUT2D eigenvalue weighted by atomic mass is 32.1. The summed E-state index contributed by atoms with van der Waals surface area (Å²) in [5, 5.41) is 15.0. The van der Waals surface area contributed by atoms with Gasteiger partial charge in [-0.25, -0.2) is 0 Å². The fourth-order valence-electron chi connectivity index (χ4n) is 2.61. The third kappa shape index (κ3) is 6.02. The molecule has 0 spiro atoms. The van der Waals surface area contributed by atoms with E-state index in [0.29, 0.717) is 16.6 Å². The van der Waals surface area contributed by atoms with Crippen LogP contribution in [0.15, 0.2) is 24.3 Å². The Balaban J connectivity index is 2.08. The number of carbonyl (C=O) groups excluding carboxylic acids is 2. The SMILES string of the molecule is CC[C@@H](C)[C@H](NC(=O)CC(C)C)C(=O)Nc1nnc(-c2ccc(OC)cc2)s1. The maximum atomic E-state index is 12.8. The van der Waals surface area contributed by atoms with Gasteiger partial charge in [-0.05, 0) is 36.1 Å². The molecule has 2 amide bonds. The Kier molecular flexibility index (Phi) is 7.92. The largest absolute Gasteiger partial charge is 0.497 e. The van der Waals surface area contributed by atoms with Crippen molar-refractivity contribution >= 4 is 28.3 Å². The summed E-state index contributed by atoms with van der Waals surface area (Å²) < 4.78 is 5.15. The fourth-order valence-corrected chi connectivity index (χ4v) is 3.36. The molecule has 0 saturated carbocycles. The normalized spacial score (nSPS) is 13.1. The Morgan fingerprint density at radius 1 is 1.14 bits per heavy atom. The van der Waals surface area contributed by atoms with Gasteiger partial charge in [0.15, 0.2) is 0 Å². The first kappa shape index (κ1) is 21.8. The molecule has 0 fully saturated rings. The lowest BCUT2D eigenvalue weighted by Gasteiger charge is -2.23. The fraction of sp³-hybridized carbons (Fsp3) is 0.500. The average molecular weight is 405 g/mol. The number of anilines is 1. The van der Waals surface area contributed by atoms with Gasteiger partial charge in [0.05, 0.1) is 7.11 Å². The molecule has 1 aromatic carbocycles. The van der Waals surface area contributed by atoms with E-state index >= 15 is 0 Å². The summed E-state index contributed by atoms with van der Waals surface area (Å²) in [6.07, 6.45) is 1.16. The predicted octanol–water partition coefficient (Wildman–Crippen LogP) is 3.73. The highest BCUT2D eigenvalue weighted by Crippen LogP contribution is 2.28. The zero-order valence-corrected chi connectivity index (χ0v) is 17.8. The number of amides is 2. The van der Waals surface area contributed by atoms with Gasteiger partial charge < -0.3 is 10.1 Å². The lowest BCUT2D eigenvalue weighted by atomic mass is 9.97. The van der Waals surface area contributed by atoms with Gasteiger partial charge in [-0.1, -0.05) is 45.5 Å².